The molecule has 1 aliphatic heterocycles. The van der Waals surface area contributed by atoms with E-state index in [-0.39, 0.29) is 11.4 Å². The number of hydrogen-bond donors (Lipinski definition) is 0. The molecule has 1 atom stereocenters. The van der Waals surface area contributed by atoms with Crippen molar-refractivity contribution in [2.24, 2.45) is 0 Å². The quantitative estimate of drug-likeness (QED) is 0.824. The maximum atomic E-state index is 12.8. The zero-order chi connectivity index (χ0) is 16.4. The lowest BCUT2D eigenvalue weighted by molar-refractivity contribution is -0.148. The van der Waals surface area contributed by atoms with Gasteiger partial charge in [0, 0.05) is 22.7 Å². The van der Waals surface area contributed by atoms with Gasteiger partial charge in [-0.2, -0.15) is 0 Å². The number of rotatable bonds is 2. The van der Waals surface area contributed by atoms with Gasteiger partial charge in [0.2, 0.25) is 6.23 Å². The number of benzene rings is 2. The molecule has 1 amide bonds. The fraction of sp³-hybridized carbons (Fsp3) is 0.250. The van der Waals surface area contributed by atoms with Gasteiger partial charge < -0.3 is 4.74 Å². The molecule has 1 aliphatic rings. The number of carbonyl (C=O) groups is 1. The first kappa shape index (κ1) is 15.3. The normalized spacial score (nSPS) is 18.4. The van der Waals surface area contributed by atoms with Crippen molar-refractivity contribution in [2.75, 3.05) is 0 Å². The van der Waals surface area contributed by atoms with E-state index < -0.39 is 6.23 Å². The summed E-state index contributed by atoms with van der Waals surface area (Å²) in [6, 6.07) is 19.6. The maximum absolute atomic E-state index is 12.8. The average molecular weight is 307 g/mol. The summed E-state index contributed by atoms with van der Waals surface area (Å²) in [5.41, 5.74) is 1.55. The Morgan fingerprint density at radius 3 is 2.04 bits per heavy atom. The second-order valence-electron chi connectivity index (χ2n) is 6.63. The fourth-order valence-electron chi connectivity index (χ4n) is 2.78. The molecule has 118 valence electrons. The van der Waals surface area contributed by atoms with Crippen molar-refractivity contribution in [3.8, 4) is 0 Å². The zero-order valence-electron chi connectivity index (χ0n) is 13.7. The van der Waals surface area contributed by atoms with Gasteiger partial charge in [0.15, 0.2) is 0 Å². The third kappa shape index (κ3) is 3.14. The van der Waals surface area contributed by atoms with Gasteiger partial charge in [-0.3, -0.25) is 9.69 Å². The van der Waals surface area contributed by atoms with E-state index in [1.54, 1.807) is 11.0 Å². The Balaban J connectivity index is 2.05. The Bertz CT molecular complexity index is 714. The minimum Gasteiger partial charge on any atom is -0.465 e. The van der Waals surface area contributed by atoms with Crippen LogP contribution in [-0.2, 0) is 9.53 Å². The smallest absolute Gasteiger partial charge is 0.253 e. The lowest BCUT2D eigenvalue weighted by Gasteiger charge is -2.43. The van der Waals surface area contributed by atoms with Crippen molar-refractivity contribution >= 4 is 11.7 Å². The molecule has 0 radical (unpaired) electrons. The maximum Gasteiger partial charge on any atom is 0.253 e. The van der Waals surface area contributed by atoms with Crippen molar-refractivity contribution in [1.29, 1.82) is 0 Å². The Morgan fingerprint density at radius 1 is 0.913 bits per heavy atom. The SMILES string of the molecule is CC(C)(C)N1C(=O)C=C(c2ccccc2)OC1c1ccccc1. The largest absolute Gasteiger partial charge is 0.465 e. The number of ether oxygens (including phenoxy) is 1. The van der Waals surface area contributed by atoms with Crippen molar-refractivity contribution < 1.29 is 9.53 Å². The highest BCUT2D eigenvalue weighted by Gasteiger charge is 2.38. The lowest BCUT2D eigenvalue weighted by Crippen LogP contribution is -2.49. The summed E-state index contributed by atoms with van der Waals surface area (Å²) in [5, 5.41) is 0. The number of amides is 1. The van der Waals surface area contributed by atoms with Gasteiger partial charge in [-0.15, -0.1) is 0 Å². The van der Waals surface area contributed by atoms with E-state index in [9.17, 15) is 4.79 Å². The van der Waals surface area contributed by atoms with Gasteiger partial charge in [-0.1, -0.05) is 60.7 Å². The molecule has 0 bridgehead atoms. The molecule has 3 rings (SSSR count). The Morgan fingerprint density at radius 2 is 1.48 bits per heavy atom. The fourth-order valence-corrected chi connectivity index (χ4v) is 2.78. The predicted octanol–water partition coefficient (Wildman–Crippen LogP) is 4.38. The highest BCUT2D eigenvalue weighted by molar-refractivity contribution is 5.95. The van der Waals surface area contributed by atoms with Crippen LogP contribution in [0.25, 0.3) is 5.76 Å². The van der Waals surface area contributed by atoms with Crippen molar-refractivity contribution in [1.82, 2.24) is 4.90 Å². The van der Waals surface area contributed by atoms with Crippen LogP contribution < -0.4 is 0 Å². The van der Waals surface area contributed by atoms with E-state index >= 15 is 0 Å². The zero-order valence-corrected chi connectivity index (χ0v) is 13.7. The third-order valence-corrected chi connectivity index (χ3v) is 3.83. The van der Waals surface area contributed by atoms with Crippen LogP contribution in [0.3, 0.4) is 0 Å². The summed E-state index contributed by atoms with van der Waals surface area (Å²) < 4.78 is 6.23. The Kier molecular flexibility index (Phi) is 3.95. The molecule has 0 saturated carbocycles. The molecule has 3 nitrogen and oxygen atoms in total. The number of carbonyl (C=O) groups excluding carboxylic acids is 1. The van der Waals surface area contributed by atoms with Gasteiger partial charge in [0.25, 0.3) is 5.91 Å². The second-order valence-corrected chi connectivity index (χ2v) is 6.63. The molecule has 0 saturated heterocycles. The van der Waals surface area contributed by atoms with Crippen molar-refractivity contribution in [3.05, 3.63) is 77.9 Å². The van der Waals surface area contributed by atoms with Gasteiger partial charge in [0.1, 0.15) is 5.76 Å². The molecule has 0 aromatic heterocycles. The van der Waals surface area contributed by atoms with E-state index in [4.69, 9.17) is 4.74 Å². The first-order chi connectivity index (χ1) is 11.0. The van der Waals surface area contributed by atoms with Gasteiger partial charge in [-0.25, -0.2) is 0 Å². The van der Waals surface area contributed by atoms with Crippen LogP contribution in [0.2, 0.25) is 0 Å². The van der Waals surface area contributed by atoms with Crippen LogP contribution in [0.1, 0.15) is 38.1 Å². The van der Waals surface area contributed by atoms with Crippen molar-refractivity contribution in [2.45, 2.75) is 32.5 Å². The van der Waals surface area contributed by atoms with Crippen LogP contribution in [0.15, 0.2) is 66.7 Å². The predicted molar refractivity (Wildman–Crippen MR) is 91.3 cm³/mol. The van der Waals surface area contributed by atoms with E-state index in [0.29, 0.717) is 5.76 Å². The molecule has 0 aliphatic carbocycles. The van der Waals surface area contributed by atoms with E-state index in [2.05, 4.69) is 0 Å². The molecule has 0 N–H and O–H groups in total. The molecule has 2 aromatic rings. The average Bonchev–Trinajstić information content (AvgIpc) is 2.54. The highest BCUT2D eigenvalue weighted by Crippen LogP contribution is 2.37. The van der Waals surface area contributed by atoms with Crippen LogP contribution in [0.5, 0.6) is 0 Å². The van der Waals surface area contributed by atoms with Crippen LogP contribution in [-0.4, -0.2) is 16.3 Å². The van der Waals surface area contributed by atoms with Crippen molar-refractivity contribution in [3.63, 3.8) is 0 Å². The first-order valence-corrected chi connectivity index (χ1v) is 7.79. The minimum absolute atomic E-state index is 0.0311. The van der Waals surface area contributed by atoms with E-state index in [0.717, 1.165) is 11.1 Å². The first-order valence-electron chi connectivity index (χ1n) is 7.79. The van der Waals surface area contributed by atoms with E-state index in [1.807, 2.05) is 81.4 Å². The monoisotopic (exact) mass is 307 g/mol. The summed E-state index contributed by atoms with van der Waals surface area (Å²) in [6.07, 6.45) is 1.16. The Labute approximate surface area is 137 Å². The number of nitrogens with zero attached hydrogens (tertiary/aromatic N) is 1. The summed E-state index contributed by atoms with van der Waals surface area (Å²) >= 11 is 0. The lowest BCUT2D eigenvalue weighted by atomic mass is 10.0. The summed E-state index contributed by atoms with van der Waals surface area (Å²) in [4.78, 5) is 14.6. The van der Waals surface area contributed by atoms with E-state index in [1.165, 1.54) is 0 Å². The van der Waals surface area contributed by atoms with Gasteiger partial charge in [-0.05, 0) is 20.8 Å². The van der Waals surface area contributed by atoms with Gasteiger partial charge >= 0.3 is 0 Å². The molecular weight excluding hydrogens is 286 g/mol. The minimum atomic E-state index is -0.427. The third-order valence-electron chi connectivity index (χ3n) is 3.83. The Hall–Kier alpha value is -2.55. The van der Waals surface area contributed by atoms with Crippen LogP contribution in [0, 0.1) is 0 Å². The summed E-state index contributed by atoms with van der Waals surface area (Å²) in [5.74, 6) is 0.585. The highest BCUT2D eigenvalue weighted by atomic mass is 16.5. The van der Waals surface area contributed by atoms with Crippen LogP contribution >= 0.6 is 0 Å². The standard InChI is InChI=1S/C20H21NO2/c1-20(2,3)21-18(22)14-17(15-10-6-4-7-11-15)23-19(21)16-12-8-5-9-13-16/h4-14,19H,1-3H3. The molecule has 0 spiro atoms. The summed E-state index contributed by atoms with van der Waals surface area (Å²) in [7, 11) is 0. The topological polar surface area (TPSA) is 29.5 Å². The molecular formula is C20H21NO2. The molecule has 0 fully saturated rings. The van der Waals surface area contributed by atoms with Gasteiger partial charge in [0.05, 0.1) is 0 Å². The molecule has 1 unspecified atom stereocenters. The van der Waals surface area contributed by atoms with Crippen LogP contribution in [0.4, 0.5) is 0 Å². The molecule has 1 heterocycles. The number of hydrogen-bond acceptors (Lipinski definition) is 2. The molecule has 23 heavy (non-hydrogen) atoms. The summed E-state index contributed by atoms with van der Waals surface area (Å²) in [6.45, 7) is 6.06. The molecule has 3 heteroatoms. The molecule has 2 aromatic carbocycles. The second kappa shape index (κ2) is 5.92.